The van der Waals surface area contributed by atoms with Crippen LogP contribution >= 0.6 is 27.7 Å². The smallest absolute Gasteiger partial charge is 0.144 e. The molecule has 1 heterocycles. The third-order valence-corrected chi connectivity index (χ3v) is 5.00. The summed E-state index contributed by atoms with van der Waals surface area (Å²) < 4.78 is 1.00. The Hall–Kier alpha value is -0.290. The zero-order valence-corrected chi connectivity index (χ0v) is 14.9. The van der Waals surface area contributed by atoms with Gasteiger partial charge in [0.05, 0.1) is 15.9 Å². The molecule has 0 aromatic carbocycles. The van der Waals surface area contributed by atoms with E-state index in [0.29, 0.717) is 11.2 Å². The molecule has 0 saturated carbocycles. The summed E-state index contributed by atoms with van der Waals surface area (Å²) in [5.41, 5.74) is 1.09. The molecule has 1 aromatic rings. The molecule has 1 N–H and O–H groups in total. The van der Waals surface area contributed by atoms with Crippen molar-refractivity contribution < 1.29 is 0 Å². The Kier molecular flexibility index (Phi) is 7.15. The second-order valence-electron chi connectivity index (χ2n) is 4.90. The Morgan fingerprint density at radius 3 is 2.42 bits per heavy atom. The standard InChI is InChI=1S/C14H24BrN3S/c1-6-10(5)19-8-11-17-13(9(3)4)12(15)14(18-11)16-7-2/h9-10H,6-8H2,1-5H3,(H,16,17,18). The summed E-state index contributed by atoms with van der Waals surface area (Å²) in [6.45, 7) is 11.7. The van der Waals surface area contributed by atoms with E-state index >= 15 is 0 Å². The third kappa shape index (κ3) is 4.95. The number of aromatic nitrogens is 2. The second-order valence-corrected chi connectivity index (χ2v) is 7.12. The fourth-order valence-electron chi connectivity index (χ4n) is 1.58. The van der Waals surface area contributed by atoms with Crippen molar-refractivity contribution >= 4 is 33.5 Å². The highest BCUT2D eigenvalue weighted by atomic mass is 79.9. The van der Waals surface area contributed by atoms with Crippen LogP contribution in [-0.4, -0.2) is 21.8 Å². The van der Waals surface area contributed by atoms with Gasteiger partial charge in [-0.15, -0.1) is 0 Å². The van der Waals surface area contributed by atoms with Crippen molar-refractivity contribution in [2.75, 3.05) is 11.9 Å². The van der Waals surface area contributed by atoms with E-state index in [2.05, 4.69) is 60.8 Å². The van der Waals surface area contributed by atoms with Crippen LogP contribution < -0.4 is 5.32 Å². The van der Waals surface area contributed by atoms with Crippen LogP contribution in [0.15, 0.2) is 4.47 Å². The van der Waals surface area contributed by atoms with Gasteiger partial charge in [0.1, 0.15) is 11.6 Å². The van der Waals surface area contributed by atoms with Crippen LogP contribution in [-0.2, 0) is 5.75 Å². The van der Waals surface area contributed by atoms with Gasteiger partial charge in [0.2, 0.25) is 0 Å². The molecule has 1 aromatic heterocycles. The Balaban J connectivity index is 2.97. The van der Waals surface area contributed by atoms with Gasteiger partial charge in [-0.1, -0.05) is 27.7 Å². The molecule has 5 heteroatoms. The Bertz CT molecular complexity index is 410. The molecule has 0 spiro atoms. The minimum absolute atomic E-state index is 0.391. The number of hydrogen-bond donors (Lipinski definition) is 1. The molecule has 0 saturated heterocycles. The van der Waals surface area contributed by atoms with Crippen molar-refractivity contribution in [2.24, 2.45) is 0 Å². The lowest BCUT2D eigenvalue weighted by molar-refractivity contribution is 0.791. The molecule has 0 bridgehead atoms. The molecular weight excluding hydrogens is 322 g/mol. The van der Waals surface area contributed by atoms with Crippen LogP contribution in [0.2, 0.25) is 0 Å². The van der Waals surface area contributed by atoms with Crippen LogP contribution in [0.3, 0.4) is 0 Å². The monoisotopic (exact) mass is 345 g/mol. The molecule has 1 rings (SSSR count). The molecule has 1 unspecified atom stereocenters. The summed E-state index contributed by atoms with van der Waals surface area (Å²) in [6.07, 6.45) is 1.18. The first kappa shape index (κ1) is 16.8. The molecule has 0 radical (unpaired) electrons. The minimum Gasteiger partial charge on any atom is -0.369 e. The van der Waals surface area contributed by atoms with Gasteiger partial charge in [-0.3, -0.25) is 0 Å². The molecule has 0 aliphatic carbocycles. The Morgan fingerprint density at radius 1 is 1.21 bits per heavy atom. The van der Waals surface area contributed by atoms with Gasteiger partial charge in [-0.2, -0.15) is 11.8 Å². The number of nitrogens with one attached hydrogen (secondary N) is 1. The summed E-state index contributed by atoms with van der Waals surface area (Å²) in [5, 5.41) is 3.96. The van der Waals surface area contributed by atoms with Crippen LogP contribution in [0.25, 0.3) is 0 Å². The van der Waals surface area contributed by atoms with E-state index in [-0.39, 0.29) is 0 Å². The van der Waals surface area contributed by atoms with Crippen LogP contribution in [0.4, 0.5) is 5.82 Å². The average molecular weight is 346 g/mol. The van der Waals surface area contributed by atoms with Gasteiger partial charge in [0, 0.05) is 11.8 Å². The minimum atomic E-state index is 0.391. The summed E-state index contributed by atoms with van der Waals surface area (Å²) in [6, 6.07) is 0. The predicted octanol–water partition coefficient (Wildman–Crippen LogP) is 4.83. The van der Waals surface area contributed by atoms with Crippen molar-refractivity contribution in [3.63, 3.8) is 0 Å². The maximum absolute atomic E-state index is 4.70. The maximum atomic E-state index is 4.70. The predicted molar refractivity (Wildman–Crippen MR) is 89.0 cm³/mol. The number of nitrogens with zero attached hydrogens (tertiary/aromatic N) is 2. The highest BCUT2D eigenvalue weighted by Gasteiger charge is 2.15. The van der Waals surface area contributed by atoms with Gasteiger partial charge in [-0.25, -0.2) is 9.97 Å². The lowest BCUT2D eigenvalue weighted by Gasteiger charge is -2.15. The van der Waals surface area contributed by atoms with Gasteiger partial charge in [0.15, 0.2) is 0 Å². The fraction of sp³-hybridized carbons (Fsp3) is 0.714. The number of anilines is 1. The van der Waals surface area contributed by atoms with E-state index in [0.717, 1.165) is 34.1 Å². The van der Waals surface area contributed by atoms with E-state index in [1.165, 1.54) is 6.42 Å². The Labute approximate surface area is 129 Å². The normalized spacial score (nSPS) is 12.8. The zero-order chi connectivity index (χ0) is 14.4. The lowest BCUT2D eigenvalue weighted by Crippen LogP contribution is -2.09. The summed E-state index contributed by atoms with van der Waals surface area (Å²) in [7, 11) is 0. The first-order chi connectivity index (χ1) is 8.99. The van der Waals surface area contributed by atoms with Gasteiger partial charge >= 0.3 is 0 Å². The Morgan fingerprint density at radius 2 is 1.89 bits per heavy atom. The number of halogens is 1. The largest absolute Gasteiger partial charge is 0.369 e. The first-order valence-electron chi connectivity index (χ1n) is 6.91. The highest BCUT2D eigenvalue weighted by molar-refractivity contribution is 9.10. The van der Waals surface area contributed by atoms with Crippen molar-refractivity contribution in [1.29, 1.82) is 0 Å². The van der Waals surface area contributed by atoms with E-state index in [4.69, 9.17) is 4.98 Å². The number of thioether (sulfide) groups is 1. The quantitative estimate of drug-likeness (QED) is 0.768. The van der Waals surface area contributed by atoms with E-state index < -0.39 is 0 Å². The van der Waals surface area contributed by atoms with Gasteiger partial charge in [-0.05, 0) is 35.2 Å². The van der Waals surface area contributed by atoms with Crippen molar-refractivity contribution in [2.45, 2.75) is 58.0 Å². The average Bonchev–Trinajstić information content (AvgIpc) is 2.38. The van der Waals surface area contributed by atoms with Crippen LogP contribution in [0.1, 0.15) is 58.5 Å². The molecule has 3 nitrogen and oxygen atoms in total. The van der Waals surface area contributed by atoms with Crippen molar-refractivity contribution in [1.82, 2.24) is 9.97 Å². The highest BCUT2D eigenvalue weighted by Crippen LogP contribution is 2.30. The SMILES string of the molecule is CCNc1nc(CSC(C)CC)nc(C(C)C)c1Br. The molecular formula is C14H24BrN3S. The molecule has 0 aliphatic rings. The topological polar surface area (TPSA) is 37.8 Å². The summed E-state index contributed by atoms with van der Waals surface area (Å²) in [5.74, 6) is 3.11. The summed E-state index contributed by atoms with van der Waals surface area (Å²) in [4.78, 5) is 9.32. The first-order valence-corrected chi connectivity index (χ1v) is 8.75. The molecule has 19 heavy (non-hydrogen) atoms. The van der Waals surface area contributed by atoms with E-state index in [1.807, 2.05) is 11.8 Å². The zero-order valence-electron chi connectivity index (χ0n) is 12.5. The molecule has 1 atom stereocenters. The number of hydrogen-bond acceptors (Lipinski definition) is 4. The van der Waals surface area contributed by atoms with E-state index in [9.17, 15) is 0 Å². The van der Waals surface area contributed by atoms with Crippen LogP contribution in [0.5, 0.6) is 0 Å². The van der Waals surface area contributed by atoms with Crippen molar-refractivity contribution in [3.8, 4) is 0 Å². The summed E-state index contributed by atoms with van der Waals surface area (Å²) >= 11 is 5.53. The van der Waals surface area contributed by atoms with E-state index in [1.54, 1.807) is 0 Å². The number of rotatable bonds is 7. The molecule has 108 valence electrons. The molecule has 0 fully saturated rings. The fourth-order valence-corrected chi connectivity index (χ4v) is 3.15. The third-order valence-electron chi connectivity index (χ3n) is 2.89. The lowest BCUT2D eigenvalue weighted by atomic mass is 10.1. The maximum Gasteiger partial charge on any atom is 0.144 e. The van der Waals surface area contributed by atoms with Gasteiger partial charge < -0.3 is 5.32 Å². The van der Waals surface area contributed by atoms with Gasteiger partial charge in [0.25, 0.3) is 0 Å². The second kappa shape index (κ2) is 8.10. The van der Waals surface area contributed by atoms with Crippen molar-refractivity contribution in [3.05, 3.63) is 16.0 Å². The van der Waals surface area contributed by atoms with Crippen LogP contribution in [0, 0.1) is 0 Å². The molecule has 0 aliphatic heterocycles. The molecule has 0 amide bonds.